The number of fused-ring (bicyclic) bond motifs is 1. The molecule has 2 aromatic carbocycles. The summed E-state index contributed by atoms with van der Waals surface area (Å²) in [5.74, 6) is 2.89. The fraction of sp³-hybridized carbons (Fsp3) is 0.296. The van der Waals surface area contributed by atoms with E-state index in [0.717, 1.165) is 60.0 Å². The lowest BCUT2D eigenvalue weighted by Crippen LogP contribution is -2.47. The second-order valence-electron chi connectivity index (χ2n) is 8.61. The maximum Gasteiger partial charge on any atom is 0.229 e. The Kier molecular flexibility index (Phi) is 6.95. The Bertz CT molecular complexity index is 1370. The Labute approximate surface area is 215 Å². The SMILES string of the molecule is CCOc1cc(Nc2nc(C)cc(N3CCN(c4ccnc5cc(Cl)ccc45)CC3)n2)cc(OC)c1. The normalized spacial score (nSPS) is 13.7. The molecule has 9 heteroatoms. The number of hydrogen-bond acceptors (Lipinski definition) is 8. The first-order valence-electron chi connectivity index (χ1n) is 12.0. The number of aromatic nitrogens is 3. The number of rotatable bonds is 7. The number of anilines is 4. The van der Waals surface area contributed by atoms with E-state index >= 15 is 0 Å². The van der Waals surface area contributed by atoms with Crippen LogP contribution in [0.25, 0.3) is 10.9 Å². The molecule has 2 aromatic heterocycles. The van der Waals surface area contributed by atoms with Crippen molar-refractivity contribution in [2.75, 3.05) is 55.0 Å². The Morgan fingerprint density at radius 2 is 1.72 bits per heavy atom. The second kappa shape index (κ2) is 10.5. The molecule has 36 heavy (non-hydrogen) atoms. The molecule has 1 aliphatic rings. The minimum absolute atomic E-state index is 0.542. The molecule has 0 saturated carbocycles. The molecule has 1 N–H and O–H groups in total. The highest BCUT2D eigenvalue weighted by molar-refractivity contribution is 6.31. The van der Waals surface area contributed by atoms with Crippen LogP contribution in [0.4, 0.5) is 23.1 Å². The molecule has 0 bridgehead atoms. The van der Waals surface area contributed by atoms with Crippen molar-refractivity contribution in [3.63, 3.8) is 0 Å². The third kappa shape index (κ3) is 5.23. The fourth-order valence-electron chi connectivity index (χ4n) is 4.47. The van der Waals surface area contributed by atoms with Gasteiger partial charge in [0.15, 0.2) is 0 Å². The summed E-state index contributed by atoms with van der Waals surface area (Å²) >= 11 is 6.17. The van der Waals surface area contributed by atoms with Gasteiger partial charge in [-0.05, 0) is 38.1 Å². The summed E-state index contributed by atoms with van der Waals surface area (Å²) in [6.07, 6.45) is 1.85. The van der Waals surface area contributed by atoms with Crippen LogP contribution in [-0.4, -0.2) is 54.8 Å². The van der Waals surface area contributed by atoms with E-state index in [9.17, 15) is 0 Å². The first-order valence-corrected chi connectivity index (χ1v) is 12.4. The molecule has 0 aliphatic carbocycles. The van der Waals surface area contributed by atoms with Gasteiger partial charge in [0.25, 0.3) is 0 Å². The van der Waals surface area contributed by atoms with Gasteiger partial charge in [-0.2, -0.15) is 4.98 Å². The van der Waals surface area contributed by atoms with E-state index in [1.165, 1.54) is 5.69 Å². The summed E-state index contributed by atoms with van der Waals surface area (Å²) < 4.78 is 11.1. The average molecular weight is 505 g/mol. The van der Waals surface area contributed by atoms with Crippen LogP contribution >= 0.6 is 11.6 Å². The van der Waals surface area contributed by atoms with Crippen molar-refractivity contribution < 1.29 is 9.47 Å². The molecule has 0 atom stereocenters. The third-order valence-corrected chi connectivity index (χ3v) is 6.38. The summed E-state index contributed by atoms with van der Waals surface area (Å²) in [5, 5.41) is 5.13. The Morgan fingerprint density at radius 3 is 2.50 bits per heavy atom. The van der Waals surface area contributed by atoms with Gasteiger partial charge in [-0.15, -0.1) is 0 Å². The Morgan fingerprint density at radius 1 is 0.944 bits per heavy atom. The molecule has 0 amide bonds. The van der Waals surface area contributed by atoms with E-state index in [1.54, 1.807) is 7.11 Å². The lowest BCUT2D eigenvalue weighted by atomic mass is 10.1. The number of pyridine rings is 1. The molecule has 0 spiro atoms. The molecular formula is C27H29ClN6O2. The van der Waals surface area contributed by atoms with Gasteiger partial charge in [0.2, 0.25) is 5.95 Å². The highest BCUT2D eigenvalue weighted by atomic mass is 35.5. The number of nitrogens with one attached hydrogen (secondary N) is 1. The predicted molar refractivity (Wildman–Crippen MR) is 145 cm³/mol. The van der Waals surface area contributed by atoms with Gasteiger partial charge in [0.1, 0.15) is 17.3 Å². The molecule has 0 radical (unpaired) electrons. The number of ether oxygens (including phenoxy) is 2. The molecule has 5 rings (SSSR count). The van der Waals surface area contributed by atoms with Crippen LogP contribution in [0.5, 0.6) is 11.5 Å². The highest BCUT2D eigenvalue weighted by Gasteiger charge is 2.21. The smallest absolute Gasteiger partial charge is 0.229 e. The first kappa shape index (κ1) is 23.9. The van der Waals surface area contributed by atoms with E-state index in [4.69, 9.17) is 26.1 Å². The van der Waals surface area contributed by atoms with Crippen LogP contribution in [0.3, 0.4) is 0 Å². The lowest BCUT2D eigenvalue weighted by Gasteiger charge is -2.37. The topological polar surface area (TPSA) is 75.6 Å². The van der Waals surface area contributed by atoms with Crippen molar-refractivity contribution in [1.82, 2.24) is 15.0 Å². The van der Waals surface area contributed by atoms with E-state index in [-0.39, 0.29) is 0 Å². The number of nitrogens with zero attached hydrogens (tertiary/aromatic N) is 5. The predicted octanol–water partition coefficient (Wildman–Crippen LogP) is 5.46. The van der Waals surface area contributed by atoms with E-state index in [0.29, 0.717) is 23.3 Å². The van der Waals surface area contributed by atoms with Crippen molar-refractivity contribution in [1.29, 1.82) is 0 Å². The van der Waals surface area contributed by atoms with Crippen LogP contribution in [0, 0.1) is 6.92 Å². The third-order valence-electron chi connectivity index (χ3n) is 6.15. The number of aryl methyl sites for hydroxylation is 1. The van der Waals surface area contributed by atoms with E-state index < -0.39 is 0 Å². The minimum atomic E-state index is 0.542. The van der Waals surface area contributed by atoms with Crippen molar-refractivity contribution in [2.45, 2.75) is 13.8 Å². The maximum atomic E-state index is 6.17. The number of benzene rings is 2. The second-order valence-corrected chi connectivity index (χ2v) is 9.05. The zero-order valence-corrected chi connectivity index (χ0v) is 21.4. The van der Waals surface area contributed by atoms with Crippen molar-refractivity contribution >= 4 is 45.6 Å². The van der Waals surface area contributed by atoms with Gasteiger partial charge in [0, 0.05) is 84.1 Å². The van der Waals surface area contributed by atoms with Crippen LogP contribution in [-0.2, 0) is 0 Å². The van der Waals surface area contributed by atoms with Crippen molar-refractivity contribution in [3.8, 4) is 11.5 Å². The average Bonchev–Trinajstić information content (AvgIpc) is 2.88. The van der Waals surface area contributed by atoms with Gasteiger partial charge in [-0.25, -0.2) is 4.98 Å². The molecule has 1 aliphatic heterocycles. The van der Waals surface area contributed by atoms with Crippen LogP contribution in [0.1, 0.15) is 12.6 Å². The summed E-state index contributed by atoms with van der Waals surface area (Å²) in [7, 11) is 1.64. The zero-order valence-electron chi connectivity index (χ0n) is 20.7. The zero-order chi connectivity index (χ0) is 25.1. The number of halogens is 1. The van der Waals surface area contributed by atoms with E-state index in [2.05, 4.69) is 31.2 Å². The monoisotopic (exact) mass is 504 g/mol. The van der Waals surface area contributed by atoms with Crippen molar-refractivity contribution in [2.24, 2.45) is 0 Å². The van der Waals surface area contributed by atoms with Crippen LogP contribution in [0.15, 0.2) is 54.7 Å². The Hall–Kier alpha value is -3.78. The van der Waals surface area contributed by atoms with Gasteiger partial charge in [-0.3, -0.25) is 4.98 Å². The van der Waals surface area contributed by atoms with Gasteiger partial charge >= 0.3 is 0 Å². The molecule has 3 heterocycles. The molecule has 1 saturated heterocycles. The fourth-order valence-corrected chi connectivity index (χ4v) is 4.64. The van der Waals surface area contributed by atoms with Crippen molar-refractivity contribution in [3.05, 3.63) is 65.4 Å². The molecule has 8 nitrogen and oxygen atoms in total. The summed E-state index contributed by atoms with van der Waals surface area (Å²) in [6, 6.07) is 15.7. The van der Waals surface area contributed by atoms with Gasteiger partial charge < -0.3 is 24.6 Å². The molecule has 4 aromatic rings. The molecule has 186 valence electrons. The molecular weight excluding hydrogens is 476 g/mol. The lowest BCUT2D eigenvalue weighted by molar-refractivity contribution is 0.336. The summed E-state index contributed by atoms with van der Waals surface area (Å²) in [5.41, 5.74) is 3.80. The maximum absolute atomic E-state index is 6.17. The standard InChI is InChI=1S/C27H29ClN6O2/c1-4-36-22-16-20(15-21(17-22)35-3)31-27-30-18(2)13-26(32-27)34-11-9-33(10-12-34)25-7-8-29-24-14-19(28)5-6-23(24)25/h5-8,13-17H,4,9-12H2,1-3H3,(H,30,31,32). The molecule has 0 unspecified atom stereocenters. The quantitative estimate of drug-likeness (QED) is 0.355. The molecule has 1 fully saturated rings. The minimum Gasteiger partial charge on any atom is -0.497 e. The summed E-state index contributed by atoms with van der Waals surface area (Å²) in [6.45, 7) is 7.96. The van der Waals surface area contributed by atoms with E-state index in [1.807, 2.05) is 62.5 Å². The number of methoxy groups -OCH3 is 1. The van der Waals surface area contributed by atoms with Gasteiger partial charge in [0.05, 0.1) is 19.2 Å². The number of piperazine rings is 1. The van der Waals surface area contributed by atoms with Crippen LogP contribution in [0.2, 0.25) is 5.02 Å². The largest absolute Gasteiger partial charge is 0.497 e. The van der Waals surface area contributed by atoms with Crippen LogP contribution < -0.4 is 24.6 Å². The van der Waals surface area contributed by atoms with Gasteiger partial charge in [-0.1, -0.05) is 11.6 Å². The summed E-state index contributed by atoms with van der Waals surface area (Å²) in [4.78, 5) is 18.6. The number of hydrogen-bond donors (Lipinski definition) is 1. The first-order chi connectivity index (χ1) is 17.5. The highest BCUT2D eigenvalue weighted by Crippen LogP contribution is 2.30. The Balaban J connectivity index is 1.32.